The Morgan fingerprint density at radius 3 is 1.29 bits per heavy atom. The molecule has 0 aromatic carbocycles. The number of nitrogens with zero attached hydrogens (tertiary/aromatic N) is 1. The molecule has 0 saturated heterocycles. The summed E-state index contributed by atoms with van der Waals surface area (Å²) >= 11 is -3.30. The van der Waals surface area contributed by atoms with Gasteiger partial charge in [-0.1, -0.05) is 356 Å². The van der Waals surface area contributed by atoms with Crippen LogP contribution >= 0.6 is 68.1 Å². The van der Waals surface area contributed by atoms with Gasteiger partial charge in [0.15, 0.2) is 0 Å². The van der Waals surface area contributed by atoms with Gasteiger partial charge < -0.3 is 64.2 Å². The topological polar surface area (TPSA) is 3.24 Å². The molecule has 136 heavy (non-hydrogen) atoms. The summed E-state index contributed by atoms with van der Waals surface area (Å²) in [5, 5.41) is 0. The molecular formula is C122H200BCl8NZr4. The van der Waals surface area contributed by atoms with E-state index in [1.54, 1.807) is 11.1 Å². The van der Waals surface area contributed by atoms with E-state index in [-0.39, 0.29) is 70.2 Å². The van der Waals surface area contributed by atoms with Crippen molar-refractivity contribution in [3.63, 3.8) is 0 Å². The van der Waals surface area contributed by atoms with Gasteiger partial charge in [0.25, 0.3) is 0 Å². The molecule has 0 aromatic heterocycles. The van der Waals surface area contributed by atoms with Crippen LogP contribution in [0.5, 0.6) is 0 Å². The van der Waals surface area contributed by atoms with Gasteiger partial charge in [-0.25, -0.2) is 0 Å². The van der Waals surface area contributed by atoms with Crippen molar-refractivity contribution in [2.45, 2.75) is 365 Å². The third kappa shape index (κ3) is 36.5. The van der Waals surface area contributed by atoms with Crippen molar-refractivity contribution in [1.29, 1.82) is 0 Å². The molecule has 1 nitrogen and oxygen atoms in total. The molecule has 0 amide bonds. The van der Waals surface area contributed by atoms with Crippen molar-refractivity contribution in [2.75, 3.05) is 0 Å². The van der Waals surface area contributed by atoms with Crippen LogP contribution in [0.1, 0.15) is 341 Å². The second-order valence-corrected chi connectivity index (χ2v) is 60.0. The predicted octanol–water partition coefficient (Wildman–Crippen LogP) is 42.5. The Labute approximate surface area is 922 Å². The average Bonchev–Trinajstić information content (AvgIpc) is 1.56. The molecule has 768 valence electrons. The molecule has 0 bridgehead atoms. The van der Waals surface area contributed by atoms with Gasteiger partial charge in [0.1, 0.15) is 0 Å². The summed E-state index contributed by atoms with van der Waals surface area (Å²) in [6.07, 6.45) is 111. The van der Waals surface area contributed by atoms with Gasteiger partial charge in [0, 0.05) is 0 Å². The standard InChI is InChI=1S/C33H48.C29H42.C27H44.C25H42BN.8CH3.8ClH.4Zr/c1-6-7-11-24-13-14-26(21-24)33(18-9-8-10-19-33)31-29-20-23(2)12-16-27(29)28-17-15-25(22-30(28)31)32(3,4)5;1-7-8-17-29(6,21-11-9-10-12-21)27-25-18-20(2)13-15-23(25)24-16-14-22(19-26(24)27)28(3,4)5;1-4-7-14-22-21-26(25-18-13-12-17-24(22)25)27(19-8-5-2,20-9-6-3)23-15-10-11-16-23;1-6-7-8-13-21-18-25(24-17-12-11-16-23(21)24)26(22-14-9-10-15-22)27(19(2)3)20(4)5;;;;;;;;;;;;;;;;;;;;/h6,12,15-17,20,22,24,26-31H,1,7-11,13-14,18-19,21H2,2-5H3;7,13-16,18-19,21,23-27H,1,8-12,17H2,2-6H3;4,12-13,17-18,22-26H,1,5-11,14-16,19-21H2,2-3H3;6,11-12,16-17,19-25H,1,7-10,13-15,18H2,2-5H3;8*1H3;8*1H;;;;/q;;;;8*-1;;;;;;;;;4*+4/p-8. The fourth-order valence-electron chi connectivity index (χ4n) is 30.2. The third-order valence-corrected chi connectivity index (χ3v) is 35.5. The second kappa shape index (κ2) is 70.0. The summed E-state index contributed by atoms with van der Waals surface area (Å²) in [5.74, 6) is 18.4. The van der Waals surface area contributed by atoms with Gasteiger partial charge in [0.05, 0.1) is 0 Å². The number of fused-ring (bicyclic) bond motifs is 8. The van der Waals surface area contributed by atoms with Gasteiger partial charge in [0.2, 0.25) is 6.85 Å². The first-order chi connectivity index (χ1) is 61.5. The van der Waals surface area contributed by atoms with E-state index in [1.165, 1.54) is 242 Å². The van der Waals surface area contributed by atoms with Crippen LogP contribution in [-0.4, -0.2) is 23.7 Å². The fourth-order valence-corrected chi connectivity index (χ4v) is 30.2. The molecule has 14 heteroatoms. The van der Waals surface area contributed by atoms with Gasteiger partial charge in [-0.2, -0.15) is 0 Å². The number of hydrogen-bond donors (Lipinski definition) is 0. The number of rotatable bonds is 30. The minimum absolute atomic E-state index is 0. The predicted molar refractivity (Wildman–Crippen MR) is 608 cm³/mol. The Bertz CT molecular complexity index is 3670. The Balaban J connectivity index is 0.00000169. The van der Waals surface area contributed by atoms with Crippen molar-refractivity contribution in [1.82, 2.24) is 4.81 Å². The van der Waals surface area contributed by atoms with Crippen molar-refractivity contribution in [3.8, 4) is 0 Å². The van der Waals surface area contributed by atoms with Crippen molar-refractivity contribution < 1.29 is 83.4 Å². The van der Waals surface area contributed by atoms with Crippen LogP contribution in [0.2, 0.25) is 11.6 Å². The van der Waals surface area contributed by atoms with Crippen molar-refractivity contribution in [3.05, 3.63) is 254 Å². The van der Waals surface area contributed by atoms with Gasteiger partial charge in [-0.05, 0) is 328 Å². The van der Waals surface area contributed by atoms with E-state index in [2.05, 4.69) is 281 Å². The van der Waals surface area contributed by atoms with Gasteiger partial charge in [-0.3, -0.25) is 0 Å². The Hall–Kier alpha value is 1.72. The second-order valence-electron chi connectivity index (χ2n) is 45.1. The monoisotopic (exact) mass is 2330 g/mol. The molecule has 0 N–H and O–H groups in total. The van der Waals surface area contributed by atoms with Crippen molar-refractivity contribution in [2.24, 2.45) is 151 Å². The summed E-state index contributed by atoms with van der Waals surface area (Å²) < 4.78 is 0. The maximum absolute atomic E-state index is 4.93. The molecule has 0 spiro atoms. The summed E-state index contributed by atoms with van der Waals surface area (Å²) in [6, 6.07) is 1.27. The molecule has 15 aliphatic rings. The van der Waals surface area contributed by atoms with Crippen LogP contribution in [0.15, 0.2) is 194 Å². The van der Waals surface area contributed by atoms with E-state index in [0.29, 0.717) is 63.8 Å². The van der Waals surface area contributed by atoms with E-state index in [0.717, 1.165) is 114 Å². The van der Waals surface area contributed by atoms with Crippen LogP contribution in [0.4, 0.5) is 0 Å². The first-order valence-electron chi connectivity index (χ1n) is 51.9. The fraction of sp³-hybridized carbons (Fsp3) is 0.672. The first kappa shape index (κ1) is 138. The summed E-state index contributed by atoms with van der Waals surface area (Å²) in [5.41, 5.74) is 8.14. The molecule has 0 aliphatic heterocycles. The molecule has 0 heterocycles. The molecule has 21 unspecified atom stereocenters. The van der Waals surface area contributed by atoms with Crippen LogP contribution in [-0.2, 0) is 83.4 Å². The zero-order valence-corrected chi connectivity index (χ0v) is 107. The Kier molecular flexibility index (Phi) is 70.8. The van der Waals surface area contributed by atoms with Crippen LogP contribution in [0.3, 0.4) is 0 Å². The molecular weight excluding hydrogens is 2140 g/mol. The summed E-state index contributed by atoms with van der Waals surface area (Å²) in [7, 11) is 39.5. The quantitative estimate of drug-likeness (QED) is 0.0300. The zero-order chi connectivity index (χ0) is 93.4. The maximum atomic E-state index is 4.93. The van der Waals surface area contributed by atoms with E-state index >= 15 is 0 Å². The van der Waals surface area contributed by atoms with E-state index in [4.69, 9.17) is 68.1 Å². The van der Waals surface area contributed by atoms with Crippen molar-refractivity contribution >= 4 is 75.0 Å². The van der Waals surface area contributed by atoms with Crippen LogP contribution < -0.4 is 0 Å². The number of unbranched alkanes of at least 4 members (excludes halogenated alkanes) is 3. The minimum atomic E-state index is -0.826. The molecule has 15 aliphatic carbocycles. The molecule has 21 atom stereocenters. The zero-order valence-electron chi connectivity index (χ0n) is 90.8. The van der Waals surface area contributed by atoms with Crippen LogP contribution in [0.25, 0.3) is 0 Å². The third-order valence-electron chi connectivity index (χ3n) is 35.5. The molecule has 9 fully saturated rings. The SMILES string of the molecule is C=CCCC(C)(C1CCCC1)C1C2C=C(C)C=CC2C2C=CC(C(C)(C)C)=CC21.C=CCCC1CC(C(CCCC)(CCCC)C2CCCC2)C2C=CC=CC12.C=CCCC1CCC(C2(C3C4C=C(C)C=CC4C4C=CC(C(C)(C)C)=CC43)CCCCC2)C1.C=CCCCC1CC(B(C2CCCC2)N(C(C)C)C(C)C)C2C=CC=CC12.[CH3-].[CH3-].[CH3-].[CH3-].[CH3-].[CH3-].[CH3-].[CH3-].[Cl][Zr+2][Cl].[Cl][Zr+2][Cl].[Cl][Zr+2][Cl].[Cl][Zr+2][Cl]. The average molecular weight is 2340 g/mol. The number of hydrogen-bond acceptors (Lipinski definition) is 1. The van der Waals surface area contributed by atoms with E-state index < -0.39 is 83.4 Å². The Morgan fingerprint density at radius 1 is 0.412 bits per heavy atom. The van der Waals surface area contributed by atoms with E-state index in [1.807, 2.05) is 0 Å². The summed E-state index contributed by atoms with van der Waals surface area (Å²) in [4.78, 5) is 2.90. The number of allylic oxidation sites excluding steroid dienone is 28. The first-order valence-corrected chi connectivity index (χ1v) is 77.2. The normalized spacial score (nSPS) is 29.8. The van der Waals surface area contributed by atoms with Gasteiger partial charge in [-0.15, -0.1) is 26.3 Å². The number of halogens is 8. The summed E-state index contributed by atoms with van der Waals surface area (Å²) in [6.45, 7) is 52.9. The molecule has 9 saturated carbocycles. The van der Waals surface area contributed by atoms with E-state index in [9.17, 15) is 0 Å². The van der Waals surface area contributed by atoms with Crippen LogP contribution in [0, 0.1) is 211 Å². The molecule has 15 rings (SSSR count). The molecule has 0 radical (unpaired) electrons. The van der Waals surface area contributed by atoms with Gasteiger partial charge >= 0.3 is 151 Å². The molecule has 0 aromatic rings. The Morgan fingerprint density at radius 2 is 0.816 bits per heavy atom.